The number of rotatable bonds is 7. The van der Waals surface area contributed by atoms with Crippen LogP contribution in [-0.2, 0) is 17.8 Å². The van der Waals surface area contributed by atoms with Crippen LogP contribution in [-0.4, -0.2) is 25.5 Å². The number of hydrogen-bond acceptors (Lipinski definition) is 3. The normalized spacial score (nSPS) is 29.0. The first-order chi connectivity index (χ1) is 17.0. The summed E-state index contributed by atoms with van der Waals surface area (Å²) < 4.78 is 5.46. The summed E-state index contributed by atoms with van der Waals surface area (Å²) in [5.74, 6) is 3.42. The Morgan fingerprint density at radius 1 is 1.11 bits per heavy atom. The van der Waals surface area contributed by atoms with Gasteiger partial charge in [-0.05, 0) is 91.0 Å². The average molecular weight is 475 g/mol. The molecule has 2 fully saturated rings. The summed E-state index contributed by atoms with van der Waals surface area (Å²) in [6.45, 7) is 3.42. The van der Waals surface area contributed by atoms with Gasteiger partial charge in [-0.2, -0.15) is 0 Å². The molecule has 2 saturated carbocycles. The van der Waals surface area contributed by atoms with Gasteiger partial charge >= 0.3 is 6.03 Å². The second-order valence-electron chi connectivity index (χ2n) is 11.0. The minimum absolute atomic E-state index is 0.127. The van der Waals surface area contributed by atoms with Gasteiger partial charge in [-0.15, -0.1) is 0 Å². The van der Waals surface area contributed by atoms with E-state index >= 15 is 0 Å². The highest BCUT2D eigenvalue weighted by Crippen LogP contribution is 2.62. The summed E-state index contributed by atoms with van der Waals surface area (Å²) in [6.07, 6.45) is 6.97. The zero-order valence-electron chi connectivity index (χ0n) is 21.0. The number of amides is 2. The number of Topliss-reactive ketones (excluding diaryl/α,β-unsaturated/α-hetero) is 1. The average Bonchev–Trinajstić information content (AvgIpc) is 3.15. The second kappa shape index (κ2) is 10.0. The number of hydrogen-bond donors (Lipinski definition) is 2. The van der Waals surface area contributed by atoms with Crippen molar-refractivity contribution in [2.45, 2.75) is 64.3 Å². The van der Waals surface area contributed by atoms with E-state index in [0.717, 1.165) is 49.8 Å². The van der Waals surface area contributed by atoms with Crippen LogP contribution >= 0.6 is 0 Å². The van der Waals surface area contributed by atoms with Gasteiger partial charge in [-0.1, -0.05) is 43.3 Å². The Balaban J connectivity index is 1.19. The fourth-order valence-corrected chi connectivity index (χ4v) is 7.42. The van der Waals surface area contributed by atoms with Crippen molar-refractivity contribution >= 4 is 11.8 Å². The zero-order valence-corrected chi connectivity index (χ0v) is 21.0. The topological polar surface area (TPSA) is 67.4 Å². The monoisotopic (exact) mass is 474 g/mol. The van der Waals surface area contributed by atoms with Crippen LogP contribution in [0.3, 0.4) is 0 Å². The van der Waals surface area contributed by atoms with Crippen molar-refractivity contribution in [3.05, 3.63) is 65.2 Å². The second-order valence-corrected chi connectivity index (χ2v) is 11.0. The lowest BCUT2D eigenvalue weighted by Crippen LogP contribution is -2.44. The summed E-state index contributed by atoms with van der Waals surface area (Å²) in [4.78, 5) is 25.4. The highest BCUT2D eigenvalue weighted by atomic mass is 16.5. The number of fused-ring (bicyclic) bond motifs is 5. The predicted octanol–water partition coefficient (Wildman–Crippen LogP) is 5.63. The molecular weight excluding hydrogens is 436 g/mol. The van der Waals surface area contributed by atoms with E-state index in [2.05, 4.69) is 35.8 Å². The van der Waals surface area contributed by atoms with Gasteiger partial charge in [-0.3, -0.25) is 4.79 Å². The van der Waals surface area contributed by atoms with Crippen LogP contribution in [0.15, 0.2) is 48.5 Å². The maximum atomic E-state index is 13.2. The van der Waals surface area contributed by atoms with Crippen LogP contribution in [0.5, 0.6) is 5.75 Å². The Morgan fingerprint density at radius 3 is 2.74 bits per heavy atom. The molecule has 0 saturated heterocycles. The van der Waals surface area contributed by atoms with Gasteiger partial charge in [0, 0.05) is 24.9 Å². The zero-order chi connectivity index (χ0) is 24.4. The van der Waals surface area contributed by atoms with Gasteiger partial charge in [0.05, 0.1) is 7.11 Å². The molecule has 0 heterocycles. The summed E-state index contributed by atoms with van der Waals surface area (Å²) >= 11 is 0. The first-order valence-corrected chi connectivity index (χ1v) is 13.3. The molecule has 2 aromatic carbocycles. The Morgan fingerprint density at radius 2 is 1.94 bits per heavy atom. The van der Waals surface area contributed by atoms with Gasteiger partial charge in [0.2, 0.25) is 0 Å². The molecule has 2 amide bonds. The van der Waals surface area contributed by atoms with E-state index in [-0.39, 0.29) is 11.4 Å². The molecule has 3 unspecified atom stereocenters. The Kier molecular flexibility index (Phi) is 6.86. The highest BCUT2D eigenvalue weighted by Gasteiger charge is 2.58. The first kappa shape index (κ1) is 23.9. The third kappa shape index (κ3) is 4.70. The lowest BCUT2D eigenvalue weighted by Gasteiger charge is -2.50. The number of ketones is 1. The molecule has 2 N–H and O–H groups in total. The van der Waals surface area contributed by atoms with Crippen LogP contribution in [0.1, 0.15) is 68.1 Å². The number of carbonyl (C=O) groups excluding carboxylic acids is 2. The number of methoxy groups -OCH3 is 1. The van der Waals surface area contributed by atoms with Crippen LogP contribution in [0.2, 0.25) is 0 Å². The molecule has 2 aromatic rings. The van der Waals surface area contributed by atoms with Crippen molar-refractivity contribution in [3.63, 3.8) is 0 Å². The van der Waals surface area contributed by atoms with Crippen molar-refractivity contribution in [2.75, 3.05) is 13.7 Å². The first-order valence-electron chi connectivity index (χ1n) is 13.3. The standard InChI is InChI=1S/C30H38N2O3/c1-30-15-14-25-24-13-11-23(35-2)17-21(24)10-12-26(25)28(30)22(18-27(30)33)9-6-16-31-29(34)32-19-20-7-4-3-5-8-20/h3-5,7-8,11,13,17,22,25-26,28H,6,9-10,12,14-16,18-19H2,1-2H3,(H2,31,32,34)/t22-,25?,26?,28?,30-/m1/s1. The van der Waals surface area contributed by atoms with E-state index in [1.54, 1.807) is 7.11 Å². The largest absolute Gasteiger partial charge is 0.497 e. The summed E-state index contributed by atoms with van der Waals surface area (Å²) in [5, 5.41) is 5.93. The molecule has 35 heavy (non-hydrogen) atoms. The molecule has 3 aliphatic rings. The number of benzene rings is 2. The van der Waals surface area contributed by atoms with E-state index in [1.807, 2.05) is 30.3 Å². The molecule has 0 aromatic heterocycles. The minimum atomic E-state index is -0.170. The van der Waals surface area contributed by atoms with Gasteiger partial charge in [0.1, 0.15) is 11.5 Å². The van der Waals surface area contributed by atoms with Crippen molar-refractivity contribution in [3.8, 4) is 5.75 Å². The molecule has 5 rings (SSSR count). The molecule has 0 aliphatic heterocycles. The van der Waals surface area contributed by atoms with Crippen LogP contribution < -0.4 is 15.4 Å². The molecule has 186 valence electrons. The van der Waals surface area contributed by atoms with Crippen LogP contribution in [0, 0.1) is 23.2 Å². The molecular formula is C30H38N2O3. The molecule has 0 radical (unpaired) electrons. The molecule has 5 nitrogen and oxygen atoms in total. The van der Waals surface area contributed by atoms with E-state index in [4.69, 9.17) is 4.74 Å². The number of ether oxygens (including phenoxy) is 1. The van der Waals surface area contributed by atoms with Gasteiger partial charge in [-0.25, -0.2) is 4.79 Å². The lowest BCUT2D eigenvalue weighted by molar-refractivity contribution is -0.129. The van der Waals surface area contributed by atoms with Crippen molar-refractivity contribution in [1.29, 1.82) is 0 Å². The molecule has 0 spiro atoms. The van der Waals surface area contributed by atoms with E-state index in [1.165, 1.54) is 11.1 Å². The fraction of sp³-hybridized carbons (Fsp3) is 0.533. The van der Waals surface area contributed by atoms with Crippen molar-refractivity contribution in [2.24, 2.45) is 23.2 Å². The van der Waals surface area contributed by atoms with Crippen LogP contribution in [0.25, 0.3) is 0 Å². The van der Waals surface area contributed by atoms with E-state index in [0.29, 0.717) is 49.0 Å². The summed E-state index contributed by atoms with van der Waals surface area (Å²) in [5.41, 5.74) is 3.83. The lowest BCUT2D eigenvalue weighted by atomic mass is 9.54. The van der Waals surface area contributed by atoms with Gasteiger partial charge in [0.25, 0.3) is 0 Å². The predicted molar refractivity (Wildman–Crippen MR) is 137 cm³/mol. The summed E-state index contributed by atoms with van der Waals surface area (Å²) in [6, 6.07) is 16.4. The number of urea groups is 1. The maximum absolute atomic E-state index is 13.2. The van der Waals surface area contributed by atoms with E-state index in [9.17, 15) is 9.59 Å². The number of aryl methyl sites for hydroxylation is 1. The smallest absolute Gasteiger partial charge is 0.315 e. The van der Waals surface area contributed by atoms with Gasteiger partial charge in [0.15, 0.2) is 0 Å². The summed E-state index contributed by atoms with van der Waals surface area (Å²) in [7, 11) is 1.73. The number of nitrogens with one attached hydrogen (secondary N) is 2. The third-order valence-corrected chi connectivity index (χ3v) is 9.11. The Hall–Kier alpha value is -2.82. The van der Waals surface area contributed by atoms with E-state index < -0.39 is 0 Å². The van der Waals surface area contributed by atoms with Gasteiger partial charge < -0.3 is 15.4 Å². The van der Waals surface area contributed by atoms with Crippen molar-refractivity contribution < 1.29 is 14.3 Å². The maximum Gasteiger partial charge on any atom is 0.315 e. The molecule has 3 aliphatic carbocycles. The highest BCUT2D eigenvalue weighted by molar-refractivity contribution is 5.87. The fourth-order valence-electron chi connectivity index (χ4n) is 7.42. The third-order valence-electron chi connectivity index (χ3n) is 9.11. The Bertz CT molecular complexity index is 1070. The Labute approximate surface area is 209 Å². The SMILES string of the molecule is COc1ccc2c(c1)CCC1C2CC[C@]2(C)C(=O)C[C@@H](CCCNC(=O)NCc3ccccc3)C12. The number of carbonyl (C=O) groups is 2. The minimum Gasteiger partial charge on any atom is -0.497 e. The molecule has 5 atom stereocenters. The molecule has 5 heteroatoms. The van der Waals surface area contributed by atoms with Crippen LogP contribution in [0.4, 0.5) is 4.79 Å². The molecule has 0 bridgehead atoms. The quantitative estimate of drug-likeness (QED) is 0.512. The van der Waals surface area contributed by atoms with Crippen molar-refractivity contribution in [1.82, 2.24) is 10.6 Å².